The lowest BCUT2D eigenvalue weighted by molar-refractivity contribution is 0.278. The van der Waals surface area contributed by atoms with E-state index in [2.05, 4.69) is 5.10 Å². The van der Waals surface area contributed by atoms with Gasteiger partial charge in [0, 0.05) is 6.54 Å². The Hall–Kier alpha value is -2.06. The molecule has 0 aliphatic carbocycles. The highest BCUT2D eigenvalue weighted by molar-refractivity contribution is 6.31. The lowest BCUT2D eigenvalue weighted by Crippen LogP contribution is -2.07. The van der Waals surface area contributed by atoms with E-state index in [-0.39, 0.29) is 17.9 Å². The Labute approximate surface area is 121 Å². The van der Waals surface area contributed by atoms with Gasteiger partial charge in [0.15, 0.2) is 11.6 Å². The molecule has 0 saturated heterocycles. The van der Waals surface area contributed by atoms with Gasteiger partial charge in [-0.25, -0.2) is 4.39 Å². The van der Waals surface area contributed by atoms with E-state index in [1.165, 1.54) is 12.1 Å². The molecule has 0 amide bonds. The first-order valence-electron chi connectivity index (χ1n) is 6.11. The molecule has 0 saturated carbocycles. The normalized spacial score (nSPS) is 10.3. The number of halogens is 2. The van der Waals surface area contributed by atoms with Crippen molar-refractivity contribution in [3.63, 3.8) is 0 Å². The highest BCUT2D eigenvalue weighted by Gasteiger charge is 2.14. The van der Waals surface area contributed by atoms with Crippen LogP contribution in [-0.4, -0.2) is 9.78 Å². The smallest absolute Gasteiger partial charge is 0.166 e. The van der Waals surface area contributed by atoms with Gasteiger partial charge in [0.1, 0.15) is 6.61 Å². The number of nitrogens with zero attached hydrogens (tertiary/aromatic N) is 3. The second kappa shape index (κ2) is 5.93. The SMILES string of the molecule is CCn1nc(C)c(Cl)c1COc1ccc(C#N)cc1F. The summed E-state index contributed by atoms with van der Waals surface area (Å²) in [7, 11) is 0. The molecular weight excluding hydrogens is 281 g/mol. The van der Waals surface area contributed by atoms with Gasteiger partial charge in [-0.05, 0) is 32.0 Å². The van der Waals surface area contributed by atoms with Crippen LogP contribution in [0.3, 0.4) is 0 Å². The van der Waals surface area contributed by atoms with Crippen molar-refractivity contribution in [1.82, 2.24) is 9.78 Å². The van der Waals surface area contributed by atoms with Crippen LogP contribution >= 0.6 is 11.6 Å². The van der Waals surface area contributed by atoms with Gasteiger partial charge in [-0.2, -0.15) is 10.4 Å². The standard InChI is InChI=1S/C14H13ClFN3O/c1-3-19-12(14(15)9(2)18-19)8-20-13-5-4-10(7-17)6-11(13)16/h4-6H,3,8H2,1-2H3. The molecular formula is C14H13ClFN3O. The minimum Gasteiger partial charge on any atom is -0.484 e. The van der Waals surface area contributed by atoms with Crippen molar-refractivity contribution in [3.05, 3.63) is 46.0 Å². The van der Waals surface area contributed by atoms with Gasteiger partial charge in [-0.15, -0.1) is 0 Å². The molecule has 104 valence electrons. The zero-order valence-corrected chi connectivity index (χ0v) is 11.9. The third-order valence-electron chi connectivity index (χ3n) is 2.88. The van der Waals surface area contributed by atoms with Gasteiger partial charge in [-0.3, -0.25) is 4.68 Å². The molecule has 4 nitrogen and oxygen atoms in total. The molecule has 0 bridgehead atoms. The zero-order valence-electron chi connectivity index (χ0n) is 11.2. The van der Waals surface area contributed by atoms with E-state index in [4.69, 9.17) is 21.6 Å². The predicted molar refractivity (Wildman–Crippen MR) is 73.1 cm³/mol. The molecule has 0 atom stereocenters. The Morgan fingerprint density at radius 1 is 1.50 bits per heavy atom. The molecule has 1 aromatic carbocycles. The second-order valence-electron chi connectivity index (χ2n) is 4.21. The Morgan fingerprint density at radius 3 is 2.85 bits per heavy atom. The Balaban J connectivity index is 2.19. The van der Waals surface area contributed by atoms with E-state index in [0.29, 0.717) is 23.0 Å². The lowest BCUT2D eigenvalue weighted by atomic mass is 10.2. The average Bonchev–Trinajstić information content (AvgIpc) is 2.73. The van der Waals surface area contributed by atoms with Crippen LogP contribution in [0.15, 0.2) is 18.2 Å². The van der Waals surface area contributed by atoms with Crippen LogP contribution in [0.4, 0.5) is 4.39 Å². The van der Waals surface area contributed by atoms with Crippen molar-refractivity contribution in [1.29, 1.82) is 5.26 Å². The van der Waals surface area contributed by atoms with Gasteiger partial charge >= 0.3 is 0 Å². The summed E-state index contributed by atoms with van der Waals surface area (Å²) in [5.74, 6) is -0.485. The minimum absolute atomic E-state index is 0.0848. The van der Waals surface area contributed by atoms with E-state index >= 15 is 0 Å². The number of aromatic nitrogens is 2. The van der Waals surface area contributed by atoms with Crippen LogP contribution in [0.1, 0.15) is 23.9 Å². The van der Waals surface area contributed by atoms with E-state index < -0.39 is 5.82 Å². The fourth-order valence-electron chi connectivity index (χ4n) is 1.84. The van der Waals surface area contributed by atoms with Gasteiger partial charge in [-0.1, -0.05) is 11.6 Å². The molecule has 2 aromatic rings. The Morgan fingerprint density at radius 2 is 2.25 bits per heavy atom. The number of rotatable bonds is 4. The largest absolute Gasteiger partial charge is 0.484 e. The third kappa shape index (κ3) is 2.75. The summed E-state index contributed by atoms with van der Waals surface area (Å²) in [4.78, 5) is 0. The number of nitriles is 1. The zero-order chi connectivity index (χ0) is 14.7. The summed E-state index contributed by atoms with van der Waals surface area (Å²) in [5, 5.41) is 13.5. The molecule has 20 heavy (non-hydrogen) atoms. The average molecular weight is 294 g/mol. The van der Waals surface area contributed by atoms with E-state index in [1.807, 2.05) is 13.0 Å². The number of hydrogen-bond donors (Lipinski definition) is 0. The van der Waals surface area contributed by atoms with Crippen LogP contribution in [-0.2, 0) is 13.2 Å². The van der Waals surface area contributed by atoms with Crippen LogP contribution in [0.25, 0.3) is 0 Å². The van der Waals surface area contributed by atoms with Gasteiger partial charge in [0.2, 0.25) is 0 Å². The summed E-state index contributed by atoms with van der Waals surface area (Å²) < 4.78 is 20.8. The molecule has 1 aromatic heterocycles. The van der Waals surface area contributed by atoms with Crippen LogP contribution in [0.2, 0.25) is 5.02 Å². The fourth-order valence-corrected chi connectivity index (χ4v) is 2.03. The summed E-state index contributed by atoms with van der Waals surface area (Å²) in [6.45, 7) is 4.52. The summed E-state index contributed by atoms with van der Waals surface area (Å²) >= 11 is 6.15. The molecule has 2 rings (SSSR count). The van der Waals surface area contributed by atoms with Crippen molar-refractivity contribution in [2.45, 2.75) is 27.0 Å². The lowest BCUT2D eigenvalue weighted by Gasteiger charge is -2.09. The number of benzene rings is 1. The molecule has 0 spiro atoms. The number of hydrogen-bond acceptors (Lipinski definition) is 3. The van der Waals surface area contributed by atoms with E-state index in [9.17, 15) is 4.39 Å². The Kier molecular flexibility index (Phi) is 4.26. The van der Waals surface area contributed by atoms with E-state index in [1.54, 1.807) is 11.6 Å². The summed E-state index contributed by atoms with van der Waals surface area (Å²) in [5.41, 5.74) is 1.67. The highest BCUT2D eigenvalue weighted by atomic mass is 35.5. The molecule has 0 aliphatic heterocycles. The van der Waals surface area contributed by atoms with Gasteiger partial charge in [0.05, 0.1) is 28.0 Å². The first-order valence-corrected chi connectivity index (χ1v) is 6.48. The van der Waals surface area contributed by atoms with Crippen molar-refractivity contribution in [2.75, 3.05) is 0 Å². The van der Waals surface area contributed by atoms with Crippen molar-refractivity contribution in [3.8, 4) is 11.8 Å². The second-order valence-corrected chi connectivity index (χ2v) is 4.59. The third-order valence-corrected chi connectivity index (χ3v) is 3.37. The van der Waals surface area contributed by atoms with Crippen LogP contribution in [0.5, 0.6) is 5.75 Å². The van der Waals surface area contributed by atoms with Crippen LogP contribution < -0.4 is 4.74 Å². The van der Waals surface area contributed by atoms with Gasteiger partial charge < -0.3 is 4.74 Å². The maximum Gasteiger partial charge on any atom is 0.166 e. The summed E-state index contributed by atoms with van der Waals surface area (Å²) in [6, 6.07) is 5.94. The molecule has 1 heterocycles. The highest BCUT2D eigenvalue weighted by Crippen LogP contribution is 2.24. The van der Waals surface area contributed by atoms with Crippen molar-refractivity contribution < 1.29 is 9.13 Å². The first kappa shape index (κ1) is 14.4. The number of aryl methyl sites for hydroxylation is 2. The molecule has 0 unspecified atom stereocenters. The topological polar surface area (TPSA) is 50.8 Å². The first-order chi connectivity index (χ1) is 9.56. The maximum absolute atomic E-state index is 13.7. The predicted octanol–water partition coefficient (Wildman–Crippen LogP) is 3.45. The molecule has 0 radical (unpaired) electrons. The van der Waals surface area contributed by atoms with Crippen molar-refractivity contribution >= 4 is 11.6 Å². The quantitative estimate of drug-likeness (QED) is 0.867. The molecule has 6 heteroatoms. The van der Waals surface area contributed by atoms with E-state index in [0.717, 1.165) is 6.07 Å². The minimum atomic E-state index is -0.570. The molecule has 0 aliphatic rings. The Bertz CT molecular complexity index is 676. The molecule has 0 fully saturated rings. The maximum atomic E-state index is 13.7. The number of ether oxygens (including phenoxy) is 1. The van der Waals surface area contributed by atoms with Gasteiger partial charge in [0.25, 0.3) is 0 Å². The van der Waals surface area contributed by atoms with Crippen LogP contribution in [0, 0.1) is 24.1 Å². The summed E-state index contributed by atoms with van der Waals surface area (Å²) in [6.07, 6.45) is 0. The fraction of sp³-hybridized carbons (Fsp3) is 0.286. The van der Waals surface area contributed by atoms with Crippen molar-refractivity contribution in [2.24, 2.45) is 0 Å². The molecule has 0 N–H and O–H groups in total. The monoisotopic (exact) mass is 293 g/mol.